The number of fused-ring (bicyclic) bond motifs is 1. The van der Waals surface area contributed by atoms with Gasteiger partial charge in [0.2, 0.25) is 0 Å². The van der Waals surface area contributed by atoms with Crippen molar-refractivity contribution in [3.8, 4) is 22.8 Å². The minimum absolute atomic E-state index is 0.00810. The zero-order chi connectivity index (χ0) is 20.0. The number of likely N-dealkylation sites (tertiary alicyclic amines) is 1. The van der Waals surface area contributed by atoms with Crippen LogP contribution in [0, 0.1) is 5.82 Å². The van der Waals surface area contributed by atoms with E-state index < -0.39 is 17.0 Å². The molecule has 0 bridgehead atoms. The second kappa shape index (κ2) is 6.92. The normalized spacial score (nSPS) is 20.1. The van der Waals surface area contributed by atoms with Crippen LogP contribution in [0.1, 0.15) is 17.9 Å². The maximum absolute atomic E-state index is 14.2. The fourth-order valence-electron chi connectivity index (χ4n) is 4.09. The van der Waals surface area contributed by atoms with Crippen LogP contribution in [0.4, 0.5) is 4.39 Å². The molecule has 1 aliphatic rings. The summed E-state index contributed by atoms with van der Waals surface area (Å²) in [6.07, 6.45) is 0.628. The predicted octanol–water partition coefficient (Wildman–Crippen LogP) is 2.79. The third kappa shape index (κ3) is 2.83. The highest BCUT2D eigenvalue weighted by Gasteiger charge is 2.36. The lowest BCUT2D eigenvalue weighted by Crippen LogP contribution is -2.32. The molecule has 28 heavy (non-hydrogen) atoms. The molecule has 0 radical (unpaired) electrons. The van der Waals surface area contributed by atoms with Crippen molar-refractivity contribution in [2.24, 2.45) is 0 Å². The lowest BCUT2D eigenvalue weighted by Gasteiger charge is -2.24. The van der Waals surface area contributed by atoms with E-state index in [-0.39, 0.29) is 46.6 Å². The minimum atomic E-state index is -0.551. The summed E-state index contributed by atoms with van der Waals surface area (Å²) >= 11 is 0. The minimum Gasteiger partial charge on any atom is -0.507 e. The quantitative estimate of drug-likeness (QED) is 0.642. The van der Waals surface area contributed by atoms with E-state index in [1.165, 1.54) is 18.2 Å². The third-order valence-electron chi connectivity index (χ3n) is 5.52. The molecule has 0 saturated carbocycles. The molecule has 2 heterocycles. The number of phenols is 2. The van der Waals surface area contributed by atoms with Crippen molar-refractivity contribution >= 4 is 11.0 Å². The number of benzene rings is 2. The summed E-state index contributed by atoms with van der Waals surface area (Å²) in [5.74, 6) is -1.48. The molecule has 3 N–H and O–H groups in total. The van der Waals surface area contributed by atoms with Gasteiger partial charge in [0.25, 0.3) is 0 Å². The molecule has 146 valence electrons. The van der Waals surface area contributed by atoms with Crippen molar-refractivity contribution in [3.63, 3.8) is 0 Å². The molecule has 7 heteroatoms. The number of aliphatic hydroxyl groups is 1. The highest BCUT2D eigenvalue weighted by Crippen LogP contribution is 2.44. The number of phenolic OH excluding ortho intramolecular Hbond substituents is 2. The molecule has 1 aromatic heterocycles. The molecule has 1 saturated heterocycles. The smallest absolute Gasteiger partial charge is 0.197 e. The SMILES string of the molecule is CN1CCC(c2c(O)cc(O)c3c(=O)cc(-c4ccccc4F)oc23)C1CO. The highest BCUT2D eigenvalue weighted by atomic mass is 19.1. The van der Waals surface area contributed by atoms with Gasteiger partial charge in [-0.05, 0) is 32.1 Å². The van der Waals surface area contributed by atoms with Crippen LogP contribution in [0.15, 0.2) is 45.6 Å². The fourth-order valence-corrected chi connectivity index (χ4v) is 4.09. The monoisotopic (exact) mass is 385 g/mol. The molecule has 3 aromatic rings. The van der Waals surface area contributed by atoms with Gasteiger partial charge in [-0.1, -0.05) is 12.1 Å². The molecule has 2 atom stereocenters. The Balaban J connectivity index is 2.03. The number of nitrogens with zero attached hydrogens (tertiary/aromatic N) is 1. The van der Waals surface area contributed by atoms with Crippen LogP contribution in [0.2, 0.25) is 0 Å². The first kappa shape index (κ1) is 18.5. The number of likely N-dealkylation sites (N-methyl/N-ethyl adjacent to an activating group) is 1. The van der Waals surface area contributed by atoms with Crippen molar-refractivity contribution in [2.45, 2.75) is 18.4 Å². The number of hydrogen-bond donors (Lipinski definition) is 3. The van der Waals surface area contributed by atoms with E-state index in [1.54, 1.807) is 6.07 Å². The Kier molecular flexibility index (Phi) is 4.56. The van der Waals surface area contributed by atoms with Crippen LogP contribution in [0.5, 0.6) is 11.5 Å². The van der Waals surface area contributed by atoms with Gasteiger partial charge in [-0.2, -0.15) is 0 Å². The van der Waals surface area contributed by atoms with E-state index in [0.717, 1.165) is 12.1 Å². The van der Waals surface area contributed by atoms with Crippen LogP contribution < -0.4 is 5.43 Å². The lowest BCUT2D eigenvalue weighted by atomic mass is 9.89. The fraction of sp³-hybridized carbons (Fsp3) is 0.286. The van der Waals surface area contributed by atoms with E-state index in [9.17, 15) is 24.5 Å². The first-order chi connectivity index (χ1) is 13.4. The Labute approximate surface area is 160 Å². The number of hydrogen-bond acceptors (Lipinski definition) is 6. The van der Waals surface area contributed by atoms with Crippen molar-refractivity contribution in [1.82, 2.24) is 4.90 Å². The molecule has 1 fully saturated rings. The van der Waals surface area contributed by atoms with Crippen molar-refractivity contribution < 1.29 is 24.1 Å². The van der Waals surface area contributed by atoms with Crippen LogP contribution in [0.3, 0.4) is 0 Å². The van der Waals surface area contributed by atoms with E-state index in [4.69, 9.17) is 4.42 Å². The van der Waals surface area contributed by atoms with E-state index in [0.29, 0.717) is 18.5 Å². The average Bonchev–Trinajstić information content (AvgIpc) is 3.01. The van der Waals surface area contributed by atoms with Gasteiger partial charge in [-0.3, -0.25) is 4.79 Å². The van der Waals surface area contributed by atoms with Crippen molar-refractivity contribution in [2.75, 3.05) is 20.2 Å². The van der Waals surface area contributed by atoms with Crippen LogP contribution in [0.25, 0.3) is 22.3 Å². The second-order valence-corrected chi connectivity index (χ2v) is 7.11. The standard InChI is InChI=1S/C21H20FNO5/c1-23-7-6-12(14(23)10-24)19-15(25)8-16(26)20-17(27)9-18(28-21(19)20)11-4-2-3-5-13(11)22/h2-5,8-9,12,14,24-26H,6-7,10H2,1H3. The Morgan fingerprint density at radius 2 is 1.96 bits per heavy atom. The first-order valence-corrected chi connectivity index (χ1v) is 9.01. The molecule has 0 aliphatic carbocycles. The predicted molar refractivity (Wildman–Crippen MR) is 102 cm³/mol. The maximum atomic E-state index is 14.2. The van der Waals surface area contributed by atoms with Gasteiger partial charge in [0, 0.05) is 29.7 Å². The molecule has 0 amide bonds. The van der Waals surface area contributed by atoms with Gasteiger partial charge in [0.15, 0.2) is 5.43 Å². The molecular formula is C21H20FNO5. The number of aliphatic hydroxyl groups excluding tert-OH is 1. The van der Waals surface area contributed by atoms with Gasteiger partial charge < -0.3 is 24.6 Å². The Morgan fingerprint density at radius 3 is 2.68 bits per heavy atom. The van der Waals surface area contributed by atoms with E-state index in [1.807, 2.05) is 11.9 Å². The van der Waals surface area contributed by atoms with Crippen molar-refractivity contribution in [3.05, 3.63) is 58.0 Å². The third-order valence-corrected chi connectivity index (χ3v) is 5.52. The van der Waals surface area contributed by atoms with Crippen LogP contribution in [-0.4, -0.2) is 46.5 Å². The van der Waals surface area contributed by atoms with Crippen LogP contribution in [-0.2, 0) is 0 Å². The largest absolute Gasteiger partial charge is 0.507 e. The lowest BCUT2D eigenvalue weighted by molar-refractivity contribution is 0.172. The topological polar surface area (TPSA) is 94.1 Å². The van der Waals surface area contributed by atoms with Gasteiger partial charge in [0.1, 0.15) is 34.0 Å². The highest BCUT2D eigenvalue weighted by molar-refractivity contribution is 5.89. The maximum Gasteiger partial charge on any atom is 0.197 e. The molecule has 0 spiro atoms. The molecule has 4 rings (SSSR count). The summed E-state index contributed by atoms with van der Waals surface area (Å²) in [4.78, 5) is 14.7. The molecule has 6 nitrogen and oxygen atoms in total. The number of halogens is 1. The number of rotatable bonds is 3. The summed E-state index contributed by atoms with van der Waals surface area (Å²) < 4.78 is 20.1. The summed E-state index contributed by atoms with van der Waals surface area (Å²) in [6.45, 7) is 0.551. The molecule has 2 unspecified atom stereocenters. The van der Waals surface area contributed by atoms with E-state index >= 15 is 0 Å². The van der Waals surface area contributed by atoms with Gasteiger partial charge >= 0.3 is 0 Å². The van der Waals surface area contributed by atoms with Gasteiger partial charge in [-0.15, -0.1) is 0 Å². The zero-order valence-corrected chi connectivity index (χ0v) is 15.2. The zero-order valence-electron chi connectivity index (χ0n) is 15.2. The Hall–Kier alpha value is -2.90. The Morgan fingerprint density at radius 1 is 1.21 bits per heavy atom. The first-order valence-electron chi connectivity index (χ1n) is 9.01. The summed E-state index contributed by atoms with van der Waals surface area (Å²) in [5, 5.41) is 30.5. The summed E-state index contributed by atoms with van der Waals surface area (Å²) in [7, 11) is 1.86. The van der Waals surface area contributed by atoms with Gasteiger partial charge in [0.05, 0.1) is 12.2 Å². The van der Waals surface area contributed by atoms with E-state index in [2.05, 4.69) is 0 Å². The molecular weight excluding hydrogens is 365 g/mol. The van der Waals surface area contributed by atoms with Gasteiger partial charge in [-0.25, -0.2) is 4.39 Å². The van der Waals surface area contributed by atoms with Crippen molar-refractivity contribution in [1.29, 1.82) is 0 Å². The number of aromatic hydroxyl groups is 2. The summed E-state index contributed by atoms with van der Waals surface area (Å²) in [6, 6.07) is 7.87. The average molecular weight is 385 g/mol. The second-order valence-electron chi connectivity index (χ2n) is 7.11. The molecule has 1 aliphatic heterocycles. The summed E-state index contributed by atoms with van der Waals surface area (Å²) in [5.41, 5.74) is -0.0730. The molecule has 2 aromatic carbocycles. The Bertz CT molecular complexity index is 1110. The van der Waals surface area contributed by atoms with Crippen LogP contribution >= 0.6 is 0 Å².